The lowest BCUT2D eigenvalue weighted by molar-refractivity contribution is -0.122. The number of esters is 1. The monoisotopic (exact) mass is 356 g/mol. The first-order valence-electron chi connectivity index (χ1n) is 8.39. The lowest BCUT2D eigenvalue weighted by Crippen LogP contribution is -2.36. The Kier molecular flexibility index (Phi) is 7.64. The second-order valence-electron chi connectivity index (χ2n) is 5.86. The van der Waals surface area contributed by atoms with Crippen LogP contribution in [0.4, 0.5) is 0 Å². The zero-order chi connectivity index (χ0) is 18.8. The summed E-state index contributed by atoms with van der Waals surface area (Å²) < 4.78 is 10.3. The molecule has 0 radical (unpaired) electrons. The van der Waals surface area contributed by atoms with E-state index in [-0.39, 0.29) is 11.9 Å². The number of likely N-dealkylation sites (N-methyl/N-ethyl adjacent to an activating group) is 1. The second-order valence-corrected chi connectivity index (χ2v) is 5.86. The molecule has 1 N–H and O–H groups in total. The van der Waals surface area contributed by atoms with Gasteiger partial charge in [0, 0.05) is 13.1 Å². The van der Waals surface area contributed by atoms with Crippen LogP contribution in [0.25, 0.3) is 0 Å². The van der Waals surface area contributed by atoms with E-state index < -0.39 is 0 Å². The first kappa shape index (κ1) is 19.5. The number of carbonyl (C=O) groups excluding carboxylic acids is 2. The molecule has 138 valence electrons. The van der Waals surface area contributed by atoms with Gasteiger partial charge in [-0.1, -0.05) is 30.3 Å². The molecule has 0 aliphatic carbocycles. The van der Waals surface area contributed by atoms with E-state index in [9.17, 15) is 9.59 Å². The highest BCUT2D eigenvalue weighted by Gasteiger charge is 2.08. The van der Waals surface area contributed by atoms with Crippen LogP contribution in [-0.4, -0.2) is 50.6 Å². The van der Waals surface area contributed by atoms with Crippen LogP contribution in [0.15, 0.2) is 54.6 Å². The van der Waals surface area contributed by atoms with E-state index in [2.05, 4.69) is 10.1 Å². The zero-order valence-electron chi connectivity index (χ0n) is 15.1. The van der Waals surface area contributed by atoms with E-state index in [0.717, 1.165) is 11.3 Å². The van der Waals surface area contributed by atoms with Gasteiger partial charge in [0.1, 0.15) is 12.4 Å². The van der Waals surface area contributed by atoms with Gasteiger partial charge in [-0.2, -0.15) is 0 Å². The summed E-state index contributed by atoms with van der Waals surface area (Å²) >= 11 is 0. The van der Waals surface area contributed by atoms with Crippen LogP contribution in [0.3, 0.4) is 0 Å². The lowest BCUT2D eigenvalue weighted by Gasteiger charge is -2.16. The maximum atomic E-state index is 12.0. The third-order valence-electron chi connectivity index (χ3n) is 3.76. The third-order valence-corrected chi connectivity index (χ3v) is 3.76. The molecule has 0 atom stereocenters. The Hall–Kier alpha value is -2.86. The van der Waals surface area contributed by atoms with Gasteiger partial charge < -0.3 is 14.8 Å². The molecule has 2 aromatic rings. The molecule has 0 unspecified atom stereocenters. The van der Waals surface area contributed by atoms with Crippen LogP contribution in [0.5, 0.6) is 5.75 Å². The van der Waals surface area contributed by atoms with Gasteiger partial charge in [0.25, 0.3) is 0 Å². The van der Waals surface area contributed by atoms with E-state index in [0.29, 0.717) is 31.8 Å². The lowest BCUT2D eigenvalue weighted by atomic mass is 10.1. The fraction of sp³-hybridized carbons (Fsp3) is 0.300. The number of carbonyl (C=O) groups is 2. The average molecular weight is 356 g/mol. The number of nitrogens with one attached hydrogen (secondary N) is 1. The van der Waals surface area contributed by atoms with Gasteiger partial charge in [-0.05, 0) is 36.9 Å². The molecule has 0 aliphatic heterocycles. The molecule has 0 saturated heterocycles. The Bertz CT molecular complexity index is 702. The van der Waals surface area contributed by atoms with Crippen LogP contribution in [0, 0.1) is 0 Å². The smallest absolute Gasteiger partial charge is 0.337 e. The molecule has 2 rings (SSSR count). The van der Waals surface area contributed by atoms with Gasteiger partial charge in [0.2, 0.25) is 5.91 Å². The van der Waals surface area contributed by atoms with E-state index in [4.69, 9.17) is 4.74 Å². The van der Waals surface area contributed by atoms with Crippen molar-refractivity contribution in [2.24, 2.45) is 0 Å². The standard InChI is InChI=1S/C20H24N2O4/c1-22(12-13-26-18-6-4-3-5-7-18)15-19(23)21-14-16-8-10-17(11-9-16)20(24)25-2/h3-11H,12-15H2,1-2H3,(H,21,23). The van der Waals surface area contributed by atoms with Gasteiger partial charge in [-0.25, -0.2) is 4.79 Å². The Balaban J connectivity index is 1.66. The first-order valence-corrected chi connectivity index (χ1v) is 8.39. The molecule has 0 bridgehead atoms. The molecule has 1 amide bonds. The van der Waals surface area contributed by atoms with Crippen molar-refractivity contribution >= 4 is 11.9 Å². The minimum absolute atomic E-state index is 0.0655. The quantitative estimate of drug-likeness (QED) is 0.697. The van der Waals surface area contributed by atoms with Crippen molar-refractivity contribution in [1.82, 2.24) is 10.2 Å². The van der Waals surface area contributed by atoms with E-state index in [1.165, 1.54) is 7.11 Å². The topological polar surface area (TPSA) is 67.9 Å². The molecule has 0 aromatic heterocycles. The van der Waals surface area contributed by atoms with E-state index >= 15 is 0 Å². The van der Waals surface area contributed by atoms with Crippen LogP contribution in [0.2, 0.25) is 0 Å². The first-order chi connectivity index (χ1) is 12.6. The number of amides is 1. The van der Waals surface area contributed by atoms with Crippen LogP contribution >= 0.6 is 0 Å². The summed E-state index contributed by atoms with van der Waals surface area (Å²) in [4.78, 5) is 25.3. The van der Waals surface area contributed by atoms with Crippen molar-refractivity contribution in [3.05, 3.63) is 65.7 Å². The summed E-state index contributed by atoms with van der Waals surface area (Å²) in [6, 6.07) is 16.5. The van der Waals surface area contributed by atoms with Crippen molar-refractivity contribution in [1.29, 1.82) is 0 Å². The highest BCUT2D eigenvalue weighted by molar-refractivity contribution is 5.89. The summed E-state index contributed by atoms with van der Waals surface area (Å²) in [5.41, 5.74) is 1.40. The minimum Gasteiger partial charge on any atom is -0.492 e. The molecule has 0 aliphatic rings. The minimum atomic E-state index is -0.375. The fourth-order valence-corrected chi connectivity index (χ4v) is 2.29. The maximum absolute atomic E-state index is 12.0. The highest BCUT2D eigenvalue weighted by atomic mass is 16.5. The molecular formula is C20H24N2O4. The van der Waals surface area contributed by atoms with Crippen molar-refractivity contribution in [3.8, 4) is 5.75 Å². The Morgan fingerprint density at radius 3 is 2.38 bits per heavy atom. The van der Waals surface area contributed by atoms with Gasteiger partial charge in [-0.15, -0.1) is 0 Å². The molecule has 0 saturated carbocycles. The molecule has 0 fully saturated rings. The SMILES string of the molecule is COC(=O)c1ccc(CNC(=O)CN(C)CCOc2ccccc2)cc1. The largest absolute Gasteiger partial charge is 0.492 e. The molecule has 26 heavy (non-hydrogen) atoms. The Labute approximate surface area is 153 Å². The van der Waals surface area contributed by atoms with Crippen LogP contribution in [0.1, 0.15) is 15.9 Å². The predicted molar refractivity (Wildman–Crippen MR) is 99.1 cm³/mol. The summed E-state index contributed by atoms with van der Waals surface area (Å²) in [6.07, 6.45) is 0. The predicted octanol–water partition coefficient (Wildman–Crippen LogP) is 2.10. The highest BCUT2D eigenvalue weighted by Crippen LogP contribution is 2.08. The number of hydrogen-bond donors (Lipinski definition) is 1. The van der Waals surface area contributed by atoms with Gasteiger partial charge in [0.15, 0.2) is 0 Å². The average Bonchev–Trinajstić information content (AvgIpc) is 2.67. The maximum Gasteiger partial charge on any atom is 0.337 e. The van der Waals surface area contributed by atoms with Crippen molar-refractivity contribution in [2.75, 3.05) is 33.9 Å². The van der Waals surface area contributed by atoms with Crippen LogP contribution < -0.4 is 10.1 Å². The zero-order valence-corrected chi connectivity index (χ0v) is 15.1. The number of para-hydroxylation sites is 1. The van der Waals surface area contributed by atoms with E-state index in [1.807, 2.05) is 42.3 Å². The number of ether oxygens (including phenoxy) is 2. The number of methoxy groups -OCH3 is 1. The van der Waals surface area contributed by atoms with Gasteiger partial charge >= 0.3 is 5.97 Å². The van der Waals surface area contributed by atoms with Gasteiger partial charge in [-0.3, -0.25) is 9.69 Å². The van der Waals surface area contributed by atoms with Crippen LogP contribution in [-0.2, 0) is 16.1 Å². The molecule has 0 heterocycles. The summed E-state index contributed by atoms with van der Waals surface area (Å²) in [5.74, 6) is 0.380. The number of rotatable bonds is 9. The normalized spacial score (nSPS) is 10.4. The van der Waals surface area contributed by atoms with Crippen molar-refractivity contribution < 1.29 is 19.1 Å². The fourth-order valence-electron chi connectivity index (χ4n) is 2.29. The molecule has 6 nitrogen and oxygen atoms in total. The molecule has 0 spiro atoms. The third kappa shape index (κ3) is 6.57. The summed E-state index contributed by atoms with van der Waals surface area (Å²) in [7, 11) is 3.22. The molecule has 2 aromatic carbocycles. The summed E-state index contributed by atoms with van der Waals surface area (Å²) in [5, 5.41) is 2.86. The number of benzene rings is 2. The number of hydrogen-bond acceptors (Lipinski definition) is 5. The summed E-state index contributed by atoms with van der Waals surface area (Å²) in [6.45, 7) is 1.87. The molecular weight excluding hydrogens is 332 g/mol. The van der Waals surface area contributed by atoms with Crippen molar-refractivity contribution in [2.45, 2.75) is 6.54 Å². The molecule has 6 heteroatoms. The number of nitrogens with zero attached hydrogens (tertiary/aromatic N) is 1. The Morgan fingerprint density at radius 1 is 1.04 bits per heavy atom. The Morgan fingerprint density at radius 2 is 1.73 bits per heavy atom. The van der Waals surface area contributed by atoms with Gasteiger partial charge in [0.05, 0.1) is 19.2 Å². The van der Waals surface area contributed by atoms with E-state index in [1.54, 1.807) is 24.3 Å². The second kappa shape index (κ2) is 10.2. The van der Waals surface area contributed by atoms with Crippen molar-refractivity contribution in [3.63, 3.8) is 0 Å².